The van der Waals surface area contributed by atoms with Crippen molar-refractivity contribution in [1.82, 2.24) is 24.8 Å². The summed E-state index contributed by atoms with van der Waals surface area (Å²) in [6.45, 7) is 3.24. The van der Waals surface area contributed by atoms with Gasteiger partial charge in [0.25, 0.3) is 0 Å². The van der Waals surface area contributed by atoms with Gasteiger partial charge in [0.2, 0.25) is 5.91 Å². The van der Waals surface area contributed by atoms with Crippen LogP contribution in [-0.2, 0) is 11.2 Å². The summed E-state index contributed by atoms with van der Waals surface area (Å²) in [5.74, 6) is 0.888. The van der Waals surface area contributed by atoms with Crippen molar-refractivity contribution in [3.8, 4) is 22.9 Å². The molecule has 9 nitrogen and oxygen atoms in total. The Morgan fingerprint density at radius 3 is 2.75 bits per heavy atom. The maximum Gasteiger partial charge on any atom is 0.226 e. The second-order valence-corrected chi connectivity index (χ2v) is 15.2. The van der Waals surface area contributed by atoms with Crippen LogP contribution in [0.3, 0.4) is 0 Å². The molecule has 3 N–H and O–H groups in total. The third kappa shape index (κ3) is 5.23. The van der Waals surface area contributed by atoms with E-state index in [-0.39, 0.29) is 53.0 Å². The predicted molar refractivity (Wildman–Crippen MR) is 195 cm³/mol. The molecule has 5 aliphatic rings. The molecule has 12 heteroatoms. The fraction of sp³-hybridized carbons (Fsp3) is 0.385. The monoisotopic (exact) mass is 723 g/mol. The van der Waals surface area contributed by atoms with E-state index in [1.165, 1.54) is 0 Å². The van der Waals surface area contributed by atoms with Crippen molar-refractivity contribution in [3.05, 3.63) is 81.5 Å². The molecule has 5 atom stereocenters. The van der Waals surface area contributed by atoms with Crippen LogP contribution in [-0.4, -0.2) is 50.6 Å². The molecule has 2 bridgehead atoms. The third-order valence-electron chi connectivity index (χ3n) is 11.3. The number of rotatable bonds is 8. The molecular formula is C39H36Cl2FN7O2. The molecule has 2 aromatic carbocycles. The zero-order chi connectivity index (χ0) is 35.1. The molecule has 51 heavy (non-hydrogen) atoms. The quantitative estimate of drug-likeness (QED) is 0.168. The Bertz CT molecular complexity index is 2290. The average Bonchev–Trinajstić information content (AvgIpc) is 3.40. The number of aromatic nitrogens is 3. The highest BCUT2D eigenvalue weighted by atomic mass is 35.5. The van der Waals surface area contributed by atoms with Crippen molar-refractivity contribution in [1.29, 1.82) is 5.26 Å². The molecule has 10 rings (SSSR count). The number of benzene rings is 2. The molecule has 3 saturated heterocycles. The second kappa shape index (κ2) is 12.4. The summed E-state index contributed by atoms with van der Waals surface area (Å²) in [6, 6.07) is 15.3. The molecule has 2 saturated carbocycles. The molecule has 5 unspecified atom stereocenters. The van der Waals surface area contributed by atoms with Gasteiger partial charge in [0.1, 0.15) is 11.6 Å². The normalized spacial score (nSPS) is 23.9. The lowest BCUT2D eigenvalue weighted by Gasteiger charge is -2.39. The number of halogens is 3. The average molecular weight is 725 g/mol. The van der Waals surface area contributed by atoms with E-state index in [2.05, 4.69) is 27.0 Å². The lowest BCUT2D eigenvalue weighted by Crippen LogP contribution is -2.41. The smallest absolute Gasteiger partial charge is 0.226 e. The zero-order valence-corrected chi connectivity index (χ0v) is 29.5. The van der Waals surface area contributed by atoms with Gasteiger partial charge in [-0.05, 0) is 74.4 Å². The van der Waals surface area contributed by atoms with Gasteiger partial charge in [0.15, 0.2) is 17.4 Å². The number of anilines is 1. The lowest BCUT2D eigenvalue weighted by atomic mass is 9.79. The number of carbonyl (C=O) groups excluding carboxylic acids is 1. The summed E-state index contributed by atoms with van der Waals surface area (Å²) >= 11 is 13.1. The highest BCUT2D eigenvalue weighted by Gasteiger charge is 2.51. The Morgan fingerprint density at radius 2 is 2.02 bits per heavy atom. The Labute approximate surface area is 304 Å². The number of amides is 1. The number of aryl methyl sites for hydroxylation is 2. The topological polar surface area (TPSA) is 122 Å². The predicted octanol–water partition coefficient (Wildman–Crippen LogP) is 7.71. The number of nitrogens with zero attached hydrogens (tertiary/aromatic N) is 5. The number of likely N-dealkylation sites (tertiary alicyclic amines) is 1. The van der Waals surface area contributed by atoms with Crippen LogP contribution >= 0.6 is 23.2 Å². The number of ether oxygens (including phenoxy) is 1. The first-order valence-corrected chi connectivity index (χ1v) is 18.4. The van der Waals surface area contributed by atoms with E-state index < -0.39 is 5.82 Å². The van der Waals surface area contributed by atoms with Crippen LogP contribution in [0, 0.1) is 35.9 Å². The Morgan fingerprint density at radius 1 is 1.18 bits per heavy atom. The number of carbonyl (C=O) groups is 1. The van der Waals surface area contributed by atoms with Gasteiger partial charge in [-0.15, -0.1) is 0 Å². The van der Waals surface area contributed by atoms with Crippen LogP contribution in [0.25, 0.3) is 32.9 Å². The number of nitriles is 1. The number of nitrogen functional groups attached to an aromatic ring is 1. The van der Waals surface area contributed by atoms with E-state index in [1.54, 1.807) is 30.5 Å². The minimum Gasteiger partial charge on any atom is -0.485 e. The Balaban J connectivity index is 1.26. The molecule has 260 valence electrons. The molecule has 2 aliphatic carbocycles. The molecule has 0 spiro atoms. The minimum absolute atomic E-state index is 0.0202. The van der Waals surface area contributed by atoms with Crippen molar-refractivity contribution in [2.24, 2.45) is 11.8 Å². The van der Waals surface area contributed by atoms with Crippen LogP contribution in [0.5, 0.6) is 5.75 Å². The lowest BCUT2D eigenvalue weighted by molar-refractivity contribution is -0.133. The number of nitrogens with one attached hydrogen (secondary N) is 1. The minimum atomic E-state index is -0.493. The first-order chi connectivity index (χ1) is 24.7. The fourth-order valence-corrected chi connectivity index (χ4v) is 9.15. The molecule has 5 fully saturated rings. The Hall–Kier alpha value is -4.43. The van der Waals surface area contributed by atoms with Crippen LogP contribution in [0.4, 0.5) is 10.2 Å². The van der Waals surface area contributed by atoms with Crippen molar-refractivity contribution in [3.63, 3.8) is 0 Å². The van der Waals surface area contributed by atoms with Gasteiger partial charge >= 0.3 is 0 Å². The highest BCUT2D eigenvalue weighted by molar-refractivity contribution is 6.43. The second-order valence-electron chi connectivity index (χ2n) is 14.4. The number of hydrogen-bond donors (Lipinski definition) is 2. The molecule has 0 radical (unpaired) electrons. The van der Waals surface area contributed by atoms with Gasteiger partial charge in [-0.25, -0.2) is 14.4 Å². The first-order valence-electron chi connectivity index (χ1n) is 17.6. The van der Waals surface area contributed by atoms with Gasteiger partial charge in [0, 0.05) is 70.8 Å². The summed E-state index contributed by atoms with van der Waals surface area (Å²) in [7, 11) is 0. The van der Waals surface area contributed by atoms with Crippen LogP contribution in [0.2, 0.25) is 10.0 Å². The number of fused-ring (bicyclic) bond motifs is 4. The van der Waals surface area contributed by atoms with Crippen LogP contribution in [0.1, 0.15) is 61.1 Å². The maximum absolute atomic E-state index is 17.2. The number of hydrogen-bond acceptors (Lipinski definition) is 7. The summed E-state index contributed by atoms with van der Waals surface area (Å²) in [6.07, 6.45) is 5.27. The van der Waals surface area contributed by atoms with Gasteiger partial charge in [0.05, 0.1) is 40.3 Å². The molecule has 6 heterocycles. The van der Waals surface area contributed by atoms with E-state index in [0.717, 1.165) is 42.4 Å². The van der Waals surface area contributed by atoms with Crippen molar-refractivity contribution >= 4 is 56.7 Å². The summed E-state index contributed by atoms with van der Waals surface area (Å²) < 4.78 is 26.0. The largest absolute Gasteiger partial charge is 0.485 e. The van der Waals surface area contributed by atoms with Gasteiger partial charge in [-0.1, -0.05) is 35.3 Å². The van der Waals surface area contributed by atoms with E-state index in [4.69, 9.17) is 38.7 Å². The van der Waals surface area contributed by atoms with Crippen LogP contribution in [0.15, 0.2) is 48.7 Å². The first kappa shape index (κ1) is 32.5. The van der Waals surface area contributed by atoms with E-state index >= 15 is 4.39 Å². The van der Waals surface area contributed by atoms with E-state index in [9.17, 15) is 10.1 Å². The molecule has 5 aromatic rings. The van der Waals surface area contributed by atoms with E-state index in [0.29, 0.717) is 69.7 Å². The molecule has 3 aliphatic heterocycles. The number of pyridine rings is 2. The maximum atomic E-state index is 17.2. The van der Waals surface area contributed by atoms with E-state index in [1.807, 2.05) is 24.0 Å². The number of nitrogens with two attached hydrogens (primary N) is 1. The standard InChI is InChI=1S/C39H36Cl2FN7O2/c1-19-25-16-30(29-15-23(18-48(29)39(50)20-9-10-20)51-31-8-4-12-45-38(31)44)49(36-22-14-28(36)46-17-22)37(25)26-13-21(5-3-11-43)32(34(42)35(26)47-19)24-6-2-7-27(40)33(24)41/h2,4,6-8,12-13,16,20,22-23,28-29,36,46H,3,5,9-10,14-15,17-18H2,1H3,(H2,44,45). The highest BCUT2D eigenvalue weighted by Crippen LogP contribution is 2.51. The van der Waals surface area contributed by atoms with Gasteiger partial charge < -0.3 is 25.3 Å². The van der Waals surface area contributed by atoms with Gasteiger partial charge in [-0.2, -0.15) is 5.26 Å². The third-order valence-corrected chi connectivity index (χ3v) is 12.2. The van der Waals surface area contributed by atoms with Gasteiger partial charge in [-0.3, -0.25) is 4.79 Å². The Kier molecular flexibility index (Phi) is 7.87. The van der Waals surface area contributed by atoms with Crippen molar-refractivity contribution in [2.45, 2.75) is 69.7 Å². The fourth-order valence-electron chi connectivity index (χ4n) is 8.75. The molecule has 1 amide bonds. The van der Waals surface area contributed by atoms with Crippen LogP contribution < -0.4 is 15.8 Å². The summed E-state index contributed by atoms with van der Waals surface area (Å²) in [5.41, 5.74) is 10.4. The van der Waals surface area contributed by atoms with Crippen molar-refractivity contribution < 1.29 is 13.9 Å². The van der Waals surface area contributed by atoms with Crippen molar-refractivity contribution in [2.75, 3.05) is 18.8 Å². The SMILES string of the molecule is Cc1nc2c(F)c(-c3cccc(Cl)c3Cl)c(CCC#N)cc2c2c1cc(C1CC(Oc3cccnc3N)CN1C(=O)C1CC1)n2C1C2CNC1C2. The summed E-state index contributed by atoms with van der Waals surface area (Å²) in [4.78, 5) is 25.1. The molecule has 3 aromatic heterocycles. The zero-order valence-electron chi connectivity index (χ0n) is 28.0. The summed E-state index contributed by atoms with van der Waals surface area (Å²) in [5, 5.41) is 15.4. The molecular weight excluding hydrogens is 688 g/mol.